The molecule has 0 atom stereocenters. The molecule has 1 aromatic heterocycles. The van der Waals surface area contributed by atoms with Gasteiger partial charge in [0.05, 0.1) is 19.7 Å². The van der Waals surface area contributed by atoms with Crippen molar-refractivity contribution < 1.29 is 23.7 Å². The predicted molar refractivity (Wildman–Crippen MR) is 139 cm³/mol. The molecule has 6 nitrogen and oxygen atoms in total. The number of nitrogens with zero attached hydrogens (tertiary/aromatic N) is 1. The summed E-state index contributed by atoms with van der Waals surface area (Å²) in [4.78, 5) is 4.42. The van der Waals surface area contributed by atoms with Gasteiger partial charge in [-0.25, -0.2) is 0 Å². The molecule has 0 fully saturated rings. The van der Waals surface area contributed by atoms with Crippen LogP contribution in [0.1, 0.15) is 5.56 Å². The van der Waals surface area contributed by atoms with Gasteiger partial charge in [-0.3, -0.25) is 4.98 Å². The van der Waals surface area contributed by atoms with Gasteiger partial charge in [-0.1, -0.05) is 36.4 Å². The summed E-state index contributed by atoms with van der Waals surface area (Å²) in [5, 5.41) is 0.822. The molecule has 0 amide bonds. The van der Waals surface area contributed by atoms with Gasteiger partial charge in [0.25, 0.3) is 0 Å². The first kappa shape index (κ1) is 23.1. The number of fused-ring (bicyclic) bond motifs is 1. The van der Waals surface area contributed by atoms with E-state index < -0.39 is 0 Å². The largest absolute Gasteiger partial charge is 0.493 e. The van der Waals surface area contributed by atoms with Crippen molar-refractivity contribution >= 4 is 10.9 Å². The summed E-state index contributed by atoms with van der Waals surface area (Å²) in [6.07, 6.45) is 1.70. The minimum Gasteiger partial charge on any atom is -0.493 e. The molecule has 180 valence electrons. The SMILES string of the molecule is COc1cc2nccc(Oc3ccc(Oc4cccc(OCc5ccccc5)c4)cc3)c2cc1OC. The number of hydrogen-bond acceptors (Lipinski definition) is 6. The predicted octanol–water partition coefficient (Wildman–Crippen LogP) is 7.42. The zero-order chi connectivity index (χ0) is 24.7. The topological polar surface area (TPSA) is 59.0 Å². The van der Waals surface area contributed by atoms with E-state index >= 15 is 0 Å². The molecule has 0 bridgehead atoms. The van der Waals surface area contributed by atoms with Crippen LogP contribution in [0.15, 0.2) is 103 Å². The molecule has 0 N–H and O–H groups in total. The van der Waals surface area contributed by atoms with Gasteiger partial charge in [0.2, 0.25) is 0 Å². The Hall–Kier alpha value is -4.71. The van der Waals surface area contributed by atoms with E-state index in [-0.39, 0.29) is 0 Å². The molecule has 0 aliphatic rings. The van der Waals surface area contributed by atoms with E-state index in [0.29, 0.717) is 41.1 Å². The number of pyridine rings is 1. The van der Waals surface area contributed by atoms with E-state index in [0.717, 1.165) is 22.2 Å². The molecule has 36 heavy (non-hydrogen) atoms. The van der Waals surface area contributed by atoms with Gasteiger partial charge >= 0.3 is 0 Å². The van der Waals surface area contributed by atoms with Gasteiger partial charge in [0.1, 0.15) is 35.4 Å². The van der Waals surface area contributed by atoms with Crippen LogP contribution in [0.5, 0.6) is 40.2 Å². The third-order valence-electron chi connectivity index (χ3n) is 5.55. The molecule has 0 aliphatic carbocycles. The summed E-state index contributed by atoms with van der Waals surface area (Å²) in [5.74, 6) is 4.69. The molecule has 5 rings (SSSR count). The summed E-state index contributed by atoms with van der Waals surface area (Å²) in [5.41, 5.74) is 1.86. The van der Waals surface area contributed by atoms with Crippen LogP contribution in [0.3, 0.4) is 0 Å². The molecule has 0 saturated carbocycles. The minimum atomic E-state index is 0.499. The summed E-state index contributed by atoms with van der Waals surface area (Å²) in [6.45, 7) is 0.499. The van der Waals surface area contributed by atoms with E-state index in [1.165, 1.54) is 0 Å². The molecule has 0 radical (unpaired) electrons. The minimum absolute atomic E-state index is 0.499. The molecule has 0 spiro atoms. The fraction of sp³-hybridized carbons (Fsp3) is 0.100. The third kappa shape index (κ3) is 5.33. The van der Waals surface area contributed by atoms with Crippen LogP contribution >= 0.6 is 0 Å². The van der Waals surface area contributed by atoms with Crippen molar-refractivity contribution in [1.82, 2.24) is 4.98 Å². The van der Waals surface area contributed by atoms with Crippen molar-refractivity contribution in [2.75, 3.05) is 14.2 Å². The number of hydrogen-bond donors (Lipinski definition) is 0. The van der Waals surface area contributed by atoms with Crippen LogP contribution in [0.25, 0.3) is 10.9 Å². The fourth-order valence-electron chi connectivity index (χ4n) is 3.74. The van der Waals surface area contributed by atoms with Gasteiger partial charge in [0, 0.05) is 23.7 Å². The Morgan fingerprint density at radius 1 is 0.583 bits per heavy atom. The van der Waals surface area contributed by atoms with Crippen molar-refractivity contribution in [1.29, 1.82) is 0 Å². The lowest BCUT2D eigenvalue weighted by Gasteiger charge is -2.13. The average Bonchev–Trinajstić information content (AvgIpc) is 2.93. The highest BCUT2D eigenvalue weighted by Crippen LogP contribution is 2.37. The van der Waals surface area contributed by atoms with Crippen molar-refractivity contribution in [3.8, 4) is 40.2 Å². The molecule has 5 aromatic rings. The second-order valence-electron chi connectivity index (χ2n) is 7.96. The maximum atomic E-state index is 6.15. The molecular formula is C30H25NO5. The molecule has 0 saturated heterocycles. The zero-order valence-corrected chi connectivity index (χ0v) is 20.0. The lowest BCUT2D eigenvalue weighted by molar-refractivity contribution is 0.304. The van der Waals surface area contributed by atoms with Crippen LogP contribution in [-0.2, 0) is 6.61 Å². The highest BCUT2D eigenvalue weighted by atomic mass is 16.5. The highest BCUT2D eigenvalue weighted by Gasteiger charge is 2.11. The molecule has 0 aliphatic heterocycles. The maximum absolute atomic E-state index is 6.15. The van der Waals surface area contributed by atoms with Crippen LogP contribution in [0.2, 0.25) is 0 Å². The van der Waals surface area contributed by atoms with Gasteiger partial charge in [-0.2, -0.15) is 0 Å². The van der Waals surface area contributed by atoms with Crippen molar-refractivity contribution in [3.63, 3.8) is 0 Å². The highest BCUT2D eigenvalue weighted by molar-refractivity contribution is 5.88. The average molecular weight is 480 g/mol. The second-order valence-corrected chi connectivity index (χ2v) is 7.96. The fourth-order valence-corrected chi connectivity index (χ4v) is 3.74. The summed E-state index contributed by atoms with van der Waals surface area (Å²) < 4.78 is 28.9. The van der Waals surface area contributed by atoms with Gasteiger partial charge in [-0.05, 0) is 54.1 Å². The van der Waals surface area contributed by atoms with Crippen LogP contribution < -0.4 is 23.7 Å². The molecule has 4 aromatic carbocycles. The van der Waals surface area contributed by atoms with Crippen LogP contribution in [-0.4, -0.2) is 19.2 Å². The van der Waals surface area contributed by atoms with E-state index in [1.807, 2.05) is 97.1 Å². The second kappa shape index (κ2) is 10.7. The van der Waals surface area contributed by atoms with E-state index in [2.05, 4.69) is 4.98 Å². The zero-order valence-electron chi connectivity index (χ0n) is 20.0. The van der Waals surface area contributed by atoms with Crippen molar-refractivity contribution in [2.45, 2.75) is 6.61 Å². The number of methoxy groups -OCH3 is 2. The maximum Gasteiger partial charge on any atom is 0.162 e. The van der Waals surface area contributed by atoms with E-state index in [9.17, 15) is 0 Å². The Labute approximate surface area is 209 Å². The lowest BCUT2D eigenvalue weighted by Crippen LogP contribution is -1.95. The number of aromatic nitrogens is 1. The normalized spacial score (nSPS) is 10.6. The van der Waals surface area contributed by atoms with Crippen molar-refractivity contribution in [2.24, 2.45) is 0 Å². The Balaban J connectivity index is 1.27. The Kier molecular flexibility index (Phi) is 6.85. The molecule has 6 heteroatoms. The summed E-state index contributed by atoms with van der Waals surface area (Å²) in [6, 6.07) is 30.6. The van der Waals surface area contributed by atoms with Crippen LogP contribution in [0.4, 0.5) is 0 Å². The van der Waals surface area contributed by atoms with Gasteiger partial charge < -0.3 is 23.7 Å². The number of benzene rings is 4. The Morgan fingerprint density at radius 2 is 1.28 bits per heavy atom. The lowest BCUT2D eigenvalue weighted by atomic mass is 10.2. The van der Waals surface area contributed by atoms with Crippen LogP contribution in [0, 0.1) is 0 Å². The number of ether oxygens (including phenoxy) is 5. The molecular weight excluding hydrogens is 454 g/mol. The van der Waals surface area contributed by atoms with E-state index in [1.54, 1.807) is 20.4 Å². The first-order chi connectivity index (χ1) is 17.7. The van der Waals surface area contributed by atoms with E-state index in [4.69, 9.17) is 23.7 Å². The smallest absolute Gasteiger partial charge is 0.162 e. The van der Waals surface area contributed by atoms with Gasteiger partial charge in [0.15, 0.2) is 11.5 Å². The Bertz CT molecular complexity index is 1450. The standard InChI is InChI=1S/C30H25NO5/c1-32-29-18-26-27(19-30(29)33-2)31-16-15-28(26)36-23-13-11-22(12-14-23)35-25-10-6-9-24(17-25)34-20-21-7-4-3-5-8-21/h3-19H,20H2,1-2H3. The van der Waals surface area contributed by atoms with Crippen molar-refractivity contribution in [3.05, 3.63) is 109 Å². The first-order valence-electron chi connectivity index (χ1n) is 11.4. The third-order valence-corrected chi connectivity index (χ3v) is 5.55. The summed E-state index contributed by atoms with van der Waals surface area (Å²) in [7, 11) is 3.20. The van der Waals surface area contributed by atoms with Gasteiger partial charge in [-0.15, -0.1) is 0 Å². The quantitative estimate of drug-likeness (QED) is 0.219. The first-order valence-corrected chi connectivity index (χ1v) is 11.4. The number of rotatable bonds is 9. The molecule has 0 unspecified atom stereocenters. The summed E-state index contributed by atoms with van der Waals surface area (Å²) >= 11 is 0. The Morgan fingerprint density at radius 3 is 2.03 bits per heavy atom. The molecule has 1 heterocycles. The monoisotopic (exact) mass is 479 g/mol.